The number of phenolic OH excluding ortho intramolecular Hbond substituents is 1. The molecular formula is C15H22N2O. The number of nitrogens with one attached hydrogen (secondary N) is 1. The fourth-order valence-electron chi connectivity index (χ4n) is 3.56. The summed E-state index contributed by atoms with van der Waals surface area (Å²) in [6.07, 6.45) is 5.20. The van der Waals surface area contributed by atoms with E-state index in [2.05, 4.69) is 17.3 Å². The molecule has 2 saturated heterocycles. The quantitative estimate of drug-likeness (QED) is 0.788. The van der Waals surface area contributed by atoms with Crippen LogP contribution in [-0.4, -0.2) is 35.2 Å². The minimum absolute atomic E-state index is 0.349. The van der Waals surface area contributed by atoms with E-state index in [-0.39, 0.29) is 0 Å². The number of hydrogen-bond donors (Lipinski definition) is 2. The summed E-state index contributed by atoms with van der Waals surface area (Å²) in [7, 11) is 2.27. The van der Waals surface area contributed by atoms with Crippen LogP contribution in [0.4, 0.5) is 5.69 Å². The second kappa shape index (κ2) is 4.47. The number of piperidine rings is 1. The average Bonchev–Trinajstić information content (AvgIpc) is 2.57. The summed E-state index contributed by atoms with van der Waals surface area (Å²) in [6, 6.07) is 7.69. The molecule has 98 valence electrons. The molecule has 3 rings (SSSR count). The molecule has 0 aromatic heterocycles. The highest BCUT2D eigenvalue weighted by Gasteiger charge is 2.38. The smallest absolute Gasteiger partial charge is 0.115 e. The van der Waals surface area contributed by atoms with Gasteiger partial charge < -0.3 is 15.3 Å². The van der Waals surface area contributed by atoms with Crippen molar-refractivity contribution >= 4 is 5.69 Å². The molecule has 2 aliphatic rings. The van der Waals surface area contributed by atoms with Crippen LogP contribution in [0.15, 0.2) is 18.2 Å². The van der Waals surface area contributed by atoms with Crippen molar-refractivity contribution in [2.45, 2.75) is 50.7 Å². The molecule has 0 aliphatic carbocycles. The molecule has 0 radical (unpaired) electrons. The van der Waals surface area contributed by atoms with Gasteiger partial charge in [0.15, 0.2) is 0 Å². The van der Waals surface area contributed by atoms with Crippen molar-refractivity contribution in [2.24, 2.45) is 0 Å². The molecule has 2 fully saturated rings. The number of aryl methyl sites for hydroxylation is 1. The molecule has 2 unspecified atom stereocenters. The van der Waals surface area contributed by atoms with Crippen LogP contribution in [-0.2, 0) is 0 Å². The molecule has 0 amide bonds. The Morgan fingerprint density at radius 1 is 1.22 bits per heavy atom. The van der Waals surface area contributed by atoms with Gasteiger partial charge >= 0.3 is 0 Å². The largest absolute Gasteiger partial charge is 0.508 e. The first-order chi connectivity index (χ1) is 8.63. The first-order valence-corrected chi connectivity index (χ1v) is 6.91. The third-order valence-corrected chi connectivity index (χ3v) is 4.67. The predicted molar refractivity (Wildman–Crippen MR) is 74.1 cm³/mol. The summed E-state index contributed by atoms with van der Waals surface area (Å²) in [6.45, 7) is 2.05. The van der Waals surface area contributed by atoms with Crippen molar-refractivity contribution in [3.05, 3.63) is 23.8 Å². The van der Waals surface area contributed by atoms with Crippen LogP contribution in [0.1, 0.15) is 31.2 Å². The number of hydrogen-bond acceptors (Lipinski definition) is 3. The molecule has 18 heavy (non-hydrogen) atoms. The number of nitrogens with zero attached hydrogens (tertiary/aromatic N) is 1. The van der Waals surface area contributed by atoms with Gasteiger partial charge in [-0.25, -0.2) is 0 Å². The van der Waals surface area contributed by atoms with E-state index < -0.39 is 0 Å². The monoisotopic (exact) mass is 246 g/mol. The van der Waals surface area contributed by atoms with Gasteiger partial charge in [-0.05, 0) is 63.4 Å². The lowest BCUT2D eigenvalue weighted by atomic mass is 9.97. The summed E-state index contributed by atoms with van der Waals surface area (Å²) in [4.78, 5) is 2.56. The zero-order valence-electron chi connectivity index (χ0n) is 11.2. The van der Waals surface area contributed by atoms with Gasteiger partial charge in [0, 0.05) is 23.8 Å². The Bertz CT molecular complexity index is 432. The van der Waals surface area contributed by atoms with E-state index in [0.717, 1.165) is 17.6 Å². The van der Waals surface area contributed by atoms with Crippen LogP contribution >= 0.6 is 0 Å². The number of fused-ring (bicyclic) bond motifs is 2. The lowest BCUT2D eigenvalue weighted by molar-refractivity contribution is 0.169. The van der Waals surface area contributed by atoms with E-state index in [4.69, 9.17) is 0 Å². The third kappa shape index (κ3) is 2.07. The number of anilines is 1. The Labute approximate surface area is 109 Å². The van der Waals surface area contributed by atoms with Crippen LogP contribution in [0, 0.1) is 6.92 Å². The number of aromatic hydroxyl groups is 1. The number of phenols is 1. The zero-order chi connectivity index (χ0) is 12.7. The Hall–Kier alpha value is -1.22. The second-order valence-electron chi connectivity index (χ2n) is 5.86. The summed E-state index contributed by atoms with van der Waals surface area (Å²) in [5.41, 5.74) is 2.29. The fraction of sp³-hybridized carbons (Fsp3) is 0.600. The molecule has 2 heterocycles. The minimum atomic E-state index is 0.349. The van der Waals surface area contributed by atoms with E-state index in [9.17, 15) is 5.11 Å². The Balaban J connectivity index is 1.70. The second-order valence-corrected chi connectivity index (χ2v) is 5.86. The van der Waals surface area contributed by atoms with E-state index in [1.165, 1.54) is 31.4 Å². The molecule has 0 spiro atoms. The summed E-state index contributed by atoms with van der Waals surface area (Å²) in [5, 5.41) is 13.1. The molecule has 3 heteroatoms. The zero-order valence-corrected chi connectivity index (χ0v) is 11.2. The summed E-state index contributed by atoms with van der Waals surface area (Å²) < 4.78 is 0. The standard InChI is InChI=1S/C15H22N2O/c1-10-7-14(18)5-6-15(10)16-11-8-12-3-4-13(9-11)17(12)2/h5-7,11-13,16,18H,3-4,8-9H2,1-2H3. The van der Waals surface area contributed by atoms with Crippen LogP contribution in [0.25, 0.3) is 0 Å². The molecule has 3 nitrogen and oxygen atoms in total. The first kappa shape index (κ1) is 11.8. The topological polar surface area (TPSA) is 35.5 Å². The third-order valence-electron chi connectivity index (χ3n) is 4.67. The first-order valence-electron chi connectivity index (χ1n) is 6.91. The highest BCUT2D eigenvalue weighted by molar-refractivity contribution is 5.54. The molecule has 2 N–H and O–H groups in total. The van der Waals surface area contributed by atoms with Crippen LogP contribution in [0.3, 0.4) is 0 Å². The van der Waals surface area contributed by atoms with E-state index in [0.29, 0.717) is 11.8 Å². The highest BCUT2D eigenvalue weighted by atomic mass is 16.3. The number of rotatable bonds is 2. The minimum Gasteiger partial charge on any atom is -0.508 e. The SMILES string of the molecule is Cc1cc(O)ccc1NC1CC2CCC(C1)N2C. The maximum atomic E-state index is 9.44. The van der Waals surface area contributed by atoms with Crippen molar-refractivity contribution < 1.29 is 5.11 Å². The van der Waals surface area contributed by atoms with Gasteiger partial charge in [0.1, 0.15) is 5.75 Å². The molecule has 2 atom stereocenters. The van der Waals surface area contributed by atoms with Crippen molar-refractivity contribution in [1.29, 1.82) is 0 Å². The Morgan fingerprint density at radius 2 is 1.89 bits per heavy atom. The van der Waals surface area contributed by atoms with Crippen LogP contribution < -0.4 is 5.32 Å². The van der Waals surface area contributed by atoms with Gasteiger partial charge in [0.2, 0.25) is 0 Å². The molecule has 2 aliphatic heterocycles. The predicted octanol–water partition coefficient (Wildman–Crippen LogP) is 2.74. The van der Waals surface area contributed by atoms with Crippen molar-refractivity contribution in [3.8, 4) is 5.75 Å². The number of benzene rings is 1. The van der Waals surface area contributed by atoms with Crippen LogP contribution in [0.2, 0.25) is 0 Å². The van der Waals surface area contributed by atoms with Gasteiger partial charge in [-0.1, -0.05) is 0 Å². The van der Waals surface area contributed by atoms with Gasteiger partial charge in [-0.2, -0.15) is 0 Å². The fourth-order valence-corrected chi connectivity index (χ4v) is 3.56. The molecular weight excluding hydrogens is 224 g/mol. The van der Waals surface area contributed by atoms with Crippen molar-refractivity contribution in [1.82, 2.24) is 4.90 Å². The van der Waals surface area contributed by atoms with Crippen molar-refractivity contribution in [3.63, 3.8) is 0 Å². The molecule has 2 bridgehead atoms. The van der Waals surface area contributed by atoms with E-state index >= 15 is 0 Å². The summed E-state index contributed by atoms with van der Waals surface area (Å²) in [5.74, 6) is 0.349. The molecule has 1 aromatic carbocycles. The highest BCUT2D eigenvalue weighted by Crippen LogP contribution is 2.35. The Kier molecular flexibility index (Phi) is 2.94. The van der Waals surface area contributed by atoms with Gasteiger partial charge in [-0.15, -0.1) is 0 Å². The van der Waals surface area contributed by atoms with Crippen molar-refractivity contribution in [2.75, 3.05) is 12.4 Å². The Morgan fingerprint density at radius 3 is 2.50 bits per heavy atom. The van der Waals surface area contributed by atoms with Gasteiger partial charge in [-0.3, -0.25) is 0 Å². The maximum absolute atomic E-state index is 9.44. The lowest BCUT2D eigenvalue weighted by Gasteiger charge is -2.37. The van der Waals surface area contributed by atoms with E-state index in [1.807, 2.05) is 19.1 Å². The van der Waals surface area contributed by atoms with Gasteiger partial charge in [0.05, 0.1) is 0 Å². The van der Waals surface area contributed by atoms with Gasteiger partial charge in [0.25, 0.3) is 0 Å². The maximum Gasteiger partial charge on any atom is 0.115 e. The lowest BCUT2D eigenvalue weighted by Crippen LogP contribution is -2.44. The normalized spacial score (nSPS) is 31.6. The average molecular weight is 246 g/mol. The molecule has 1 aromatic rings. The van der Waals surface area contributed by atoms with E-state index in [1.54, 1.807) is 6.07 Å². The molecule has 0 saturated carbocycles. The summed E-state index contributed by atoms with van der Waals surface area (Å²) >= 11 is 0. The van der Waals surface area contributed by atoms with Crippen LogP contribution in [0.5, 0.6) is 5.75 Å².